The minimum atomic E-state index is -4.49. The van der Waals surface area contributed by atoms with Gasteiger partial charge in [-0.3, -0.25) is 9.59 Å². The van der Waals surface area contributed by atoms with Crippen molar-refractivity contribution >= 4 is 28.3 Å². The summed E-state index contributed by atoms with van der Waals surface area (Å²) in [7, 11) is 1.38. The van der Waals surface area contributed by atoms with Crippen LogP contribution in [0.25, 0.3) is 10.8 Å². The fraction of sp³-hybridized carbons (Fsp3) is 0.200. The van der Waals surface area contributed by atoms with E-state index in [1.165, 1.54) is 26.1 Å². The third kappa shape index (κ3) is 4.32. The average Bonchev–Trinajstić information content (AvgIpc) is 2.70. The molecule has 2 aromatic carbocycles. The van der Waals surface area contributed by atoms with E-state index in [-0.39, 0.29) is 22.2 Å². The van der Waals surface area contributed by atoms with E-state index >= 15 is 0 Å². The maximum absolute atomic E-state index is 12.6. The largest absolute Gasteiger partial charge is 0.448 e. The van der Waals surface area contributed by atoms with E-state index in [0.717, 1.165) is 28.9 Å². The zero-order valence-corrected chi connectivity index (χ0v) is 15.9. The molecule has 0 aliphatic carbocycles. The molecular formula is C20H16F3N3O4. The highest BCUT2D eigenvalue weighted by atomic mass is 19.4. The molecule has 30 heavy (non-hydrogen) atoms. The standard InChI is InChI=1S/C20H16F3N3O4/c1-11(17(27)24-13-9-7-12(8-10-13)20(21,22)23)30-19(29)16-14-5-3-4-6-15(14)18(28)26(2)25-16/h3-11H,1-2H3,(H,24,27)/t11-/m1/s1. The Labute approximate surface area is 168 Å². The van der Waals surface area contributed by atoms with Crippen LogP contribution in [-0.2, 0) is 22.8 Å². The van der Waals surface area contributed by atoms with Crippen LogP contribution >= 0.6 is 0 Å². The SMILES string of the molecule is C[C@@H](OC(=O)c1nn(C)c(=O)c2ccccc12)C(=O)Nc1ccc(C(F)(F)F)cc1. The molecule has 1 aromatic heterocycles. The number of carbonyl (C=O) groups is 2. The predicted molar refractivity (Wildman–Crippen MR) is 102 cm³/mol. The van der Waals surface area contributed by atoms with Crippen molar-refractivity contribution in [3.05, 3.63) is 70.1 Å². The first kappa shape index (κ1) is 21.0. The fourth-order valence-corrected chi connectivity index (χ4v) is 2.71. The Balaban J connectivity index is 1.74. The maximum atomic E-state index is 12.6. The molecule has 3 rings (SSSR count). The van der Waals surface area contributed by atoms with Gasteiger partial charge in [-0.2, -0.15) is 18.3 Å². The van der Waals surface area contributed by atoms with Crippen molar-refractivity contribution in [1.82, 2.24) is 9.78 Å². The van der Waals surface area contributed by atoms with Gasteiger partial charge in [0.05, 0.1) is 10.9 Å². The van der Waals surface area contributed by atoms with E-state index < -0.39 is 35.3 Å². The van der Waals surface area contributed by atoms with Gasteiger partial charge in [0.25, 0.3) is 11.5 Å². The number of rotatable bonds is 4. The van der Waals surface area contributed by atoms with Gasteiger partial charge in [-0.1, -0.05) is 18.2 Å². The van der Waals surface area contributed by atoms with Gasteiger partial charge >= 0.3 is 12.1 Å². The molecule has 0 aliphatic heterocycles. The third-order valence-electron chi connectivity index (χ3n) is 4.28. The van der Waals surface area contributed by atoms with E-state index in [1.807, 2.05) is 0 Å². The molecule has 0 aliphatic rings. The van der Waals surface area contributed by atoms with Gasteiger partial charge in [0, 0.05) is 18.1 Å². The number of nitrogens with one attached hydrogen (secondary N) is 1. The summed E-state index contributed by atoms with van der Waals surface area (Å²) in [5.41, 5.74) is -1.27. The van der Waals surface area contributed by atoms with E-state index in [9.17, 15) is 27.6 Å². The molecule has 1 heterocycles. The summed E-state index contributed by atoms with van der Waals surface area (Å²) in [4.78, 5) is 36.9. The Kier molecular flexibility index (Phi) is 5.59. The summed E-state index contributed by atoms with van der Waals surface area (Å²) >= 11 is 0. The molecule has 156 valence electrons. The molecule has 10 heteroatoms. The number of esters is 1. The van der Waals surface area contributed by atoms with Crippen LogP contribution in [-0.4, -0.2) is 27.8 Å². The zero-order chi connectivity index (χ0) is 22.1. The maximum Gasteiger partial charge on any atom is 0.416 e. The minimum absolute atomic E-state index is 0.113. The van der Waals surface area contributed by atoms with Gasteiger partial charge in [-0.05, 0) is 37.3 Å². The highest BCUT2D eigenvalue weighted by molar-refractivity contribution is 6.03. The number of nitrogens with zero attached hydrogens (tertiary/aromatic N) is 2. The Morgan fingerprint density at radius 3 is 2.27 bits per heavy atom. The summed E-state index contributed by atoms with van der Waals surface area (Å²) in [6, 6.07) is 10.2. The number of aryl methyl sites for hydroxylation is 1. The fourth-order valence-electron chi connectivity index (χ4n) is 2.71. The second kappa shape index (κ2) is 7.97. The monoisotopic (exact) mass is 419 g/mol. The molecule has 0 unspecified atom stereocenters. The number of anilines is 1. The first-order valence-electron chi connectivity index (χ1n) is 8.73. The molecule has 1 atom stereocenters. The van der Waals surface area contributed by atoms with Gasteiger partial charge in [0.15, 0.2) is 11.8 Å². The quantitative estimate of drug-likeness (QED) is 0.657. The van der Waals surface area contributed by atoms with Crippen LogP contribution in [0.1, 0.15) is 23.0 Å². The molecule has 1 amide bonds. The Bertz CT molecular complexity index is 1170. The molecule has 7 nitrogen and oxygen atoms in total. The number of aromatic nitrogens is 2. The van der Waals surface area contributed by atoms with Gasteiger partial charge in [0.2, 0.25) is 0 Å². The summed E-state index contributed by atoms with van der Waals surface area (Å²) in [5.74, 6) is -1.66. The lowest BCUT2D eigenvalue weighted by Gasteiger charge is -2.15. The second-order valence-corrected chi connectivity index (χ2v) is 6.43. The lowest BCUT2D eigenvalue weighted by atomic mass is 10.1. The van der Waals surface area contributed by atoms with Crippen molar-refractivity contribution in [1.29, 1.82) is 0 Å². The molecule has 0 radical (unpaired) electrons. The minimum Gasteiger partial charge on any atom is -0.448 e. The van der Waals surface area contributed by atoms with Crippen LogP contribution in [0.15, 0.2) is 53.3 Å². The topological polar surface area (TPSA) is 90.3 Å². The van der Waals surface area contributed by atoms with Gasteiger partial charge < -0.3 is 10.1 Å². The average molecular weight is 419 g/mol. The molecule has 0 spiro atoms. The number of benzene rings is 2. The highest BCUT2D eigenvalue weighted by Gasteiger charge is 2.30. The number of fused-ring (bicyclic) bond motifs is 1. The van der Waals surface area contributed by atoms with Crippen LogP contribution in [0.3, 0.4) is 0 Å². The lowest BCUT2D eigenvalue weighted by Crippen LogP contribution is -2.31. The Hall–Kier alpha value is -3.69. The second-order valence-electron chi connectivity index (χ2n) is 6.43. The van der Waals surface area contributed by atoms with Crippen LogP contribution in [0.2, 0.25) is 0 Å². The molecule has 0 saturated carbocycles. The van der Waals surface area contributed by atoms with Crippen LogP contribution in [0.5, 0.6) is 0 Å². The number of alkyl halides is 3. The number of halogens is 3. The van der Waals surface area contributed by atoms with E-state index in [0.29, 0.717) is 0 Å². The molecule has 1 N–H and O–H groups in total. The van der Waals surface area contributed by atoms with Crippen LogP contribution < -0.4 is 10.9 Å². The van der Waals surface area contributed by atoms with Crippen LogP contribution in [0, 0.1) is 0 Å². The van der Waals surface area contributed by atoms with E-state index in [4.69, 9.17) is 4.74 Å². The van der Waals surface area contributed by atoms with E-state index in [1.54, 1.807) is 12.1 Å². The zero-order valence-electron chi connectivity index (χ0n) is 15.9. The normalized spacial score (nSPS) is 12.4. The summed E-state index contributed by atoms with van der Waals surface area (Å²) < 4.78 is 44.0. The Morgan fingerprint density at radius 1 is 1.07 bits per heavy atom. The van der Waals surface area contributed by atoms with Crippen molar-refractivity contribution in [3.63, 3.8) is 0 Å². The number of ether oxygens (including phenoxy) is 1. The first-order chi connectivity index (χ1) is 14.1. The number of amides is 1. The van der Waals surface area contributed by atoms with Crippen molar-refractivity contribution in [3.8, 4) is 0 Å². The predicted octanol–water partition coefficient (Wildman–Crippen LogP) is 3.14. The van der Waals surface area contributed by atoms with Crippen LogP contribution in [0.4, 0.5) is 18.9 Å². The van der Waals surface area contributed by atoms with Gasteiger partial charge in [-0.25, -0.2) is 9.48 Å². The van der Waals surface area contributed by atoms with Crippen molar-refractivity contribution < 1.29 is 27.5 Å². The third-order valence-corrected chi connectivity index (χ3v) is 4.28. The molecule has 0 bridgehead atoms. The number of hydrogen-bond acceptors (Lipinski definition) is 5. The number of hydrogen-bond donors (Lipinski definition) is 1. The highest BCUT2D eigenvalue weighted by Crippen LogP contribution is 2.29. The molecular weight excluding hydrogens is 403 g/mol. The van der Waals surface area contributed by atoms with Crippen molar-refractivity contribution in [2.45, 2.75) is 19.2 Å². The first-order valence-corrected chi connectivity index (χ1v) is 8.73. The Morgan fingerprint density at radius 2 is 1.67 bits per heavy atom. The lowest BCUT2D eigenvalue weighted by molar-refractivity contribution is -0.137. The molecule has 0 fully saturated rings. The van der Waals surface area contributed by atoms with Gasteiger partial charge in [0.1, 0.15) is 0 Å². The summed E-state index contributed by atoms with van der Waals surface area (Å²) in [6.45, 7) is 1.31. The van der Waals surface area contributed by atoms with Gasteiger partial charge in [-0.15, -0.1) is 0 Å². The smallest absolute Gasteiger partial charge is 0.416 e. The number of carbonyl (C=O) groups excluding carboxylic acids is 2. The molecule has 3 aromatic rings. The summed E-state index contributed by atoms with van der Waals surface area (Å²) in [5, 5.41) is 6.84. The van der Waals surface area contributed by atoms with Crippen molar-refractivity contribution in [2.24, 2.45) is 7.05 Å². The van der Waals surface area contributed by atoms with Crippen molar-refractivity contribution in [2.75, 3.05) is 5.32 Å². The van der Waals surface area contributed by atoms with E-state index in [2.05, 4.69) is 10.4 Å². The summed E-state index contributed by atoms with van der Waals surface area (Å²) in [6.07, 6.45) is -5.76. The molecule has 0 saturated heterocycles.